The van der Waals surface area contributed by atoms with Crippen LogP contribution in [0.4, 0.5) is 0 Å². The van der Waals surface area contributed by atoms with Gasteiger partial charge in [0.2, 0.25) is 10.9 Å². The van der Waals surface area contributed by atoms with Gasteiger partial charge < -0.3 is 20.4 Å². The number of carboxylic acids is 2. The number of aliphatic carboxylic acids is 2. The Morgan fingerprint density at radius 3 is 1.65 bits per heavy atom. The molecule has 0 heterocycles. The number of hydrogen-bond acceptors (Lipinski definition) is 6. The second-order valence-electron chi connectivity index (χ2n) is 3.19. The van der Waals surface area contributed by atoms with Gasteiger partial charge in [-0.3, -0.25) is 0 Å². The SMILES string of the molecule is C=Cc1ccccc1.O=C(O)C(O)SSC(O)C(=O)O. The van der Waals surface area contributed by atoms with E-state index in [-0.39, 0.29) is 0 Å². The third-order valence-corrected chi connectivity index (χ3v) is 4.00. The zero-order valence-corrected chi connectivity index (χ0v) is 11.9. The van der Waals surface area contributed by atoms with E-state index in [4.69, 9.17) is 20.4 Å². The molecule has 0 spiro atoms. The highest BCUT2D eigenvalue weighted by molar-refractivity contribution is 8.77. The highest BCUT2D eigenvalue weighted by Gasteiger charge is 2.20. The van der Waals surface area contributed by atoms with Crippen LogP contribution in [0, 0.1) is 0 Å². The molecule has 6 nitrogen and oxygen atoms in total. The fourth-order valence-electron chi connectivity index (χ4n) is 0.777. The standard InChI is InChI=1S/C8H8.C4H6O6S2/c1-2-8-6-4-3-5-7-8;5-1(6)3(9)11-12-4(10)2(7)8/h2-7H,1H2;3-4,9-10H,(H,5,6)(H,7,8). The van der Waals surface area contributed by atoms with Crippen molar-refractivity contribution in [2.75, 3.05) is 0 Å². The first-order valence-corrected chi connectivity index (χ1v) is 7.47. The number of rotatable bonds is 6. The first kappa shape index (κ1) is 18.5. The molecule has 0 aliphatic heterocycles. The Kier molecular flexibility index (Phi) is 9.56. The van der Waals surface area contributed by atoms with Gasteiger partial charge in [-0.1, -0.05) is 43.0 Å². The van der Waals surface area contributed by atoms with Crippen molar-refractivity contribution in [3.8, 4) is 0 Å². The zero-order valence-electron chi connectivity index (χ0n) is 10.2. The van der Waals surface area contributed by atoms with E-state index in [1.807, 2.05) is 36.4 Å². The van der Waals surface area contributed by atoms with E-state index in [9.17, 15) is 9.59 Å². The number of aliphatic hydroxyl groups is 2. The molecule has 0 aromatic heterocycles. The van der Waals surface area contributed by atoms with E-state index >= 15 is 0 Å². The van der Waals surface area contributed by atoms with Crippen LogP contribution in [-0.4, -0.2) is 43.2 Å². The Morgan fingerprint density at radius 2 is 1.40 bits per heavy atom. The lowest BCUT2D eigenvalue weighted by atomic mass is 10.2. The topological polar surface area (TPSA) is 115 Å². The molecule has 2 atom stereocenters. The fraction of sp³-hybridized carbons (Fsp3) is 0.167. The van der Waals surface area contributed by atoms with Crippen LogP contribution in [-0.2, 0) is 9.59 Å². The van der Waals surface area contributed by atoms with Crippen LogP contribution in [0.25, 0.3) is 6.08 Å². The summed E-state index contributed by atoms with van der Waals surface area (Å²) in [5, 5.41) is 33.4. The Bertz CT molecular complexity index is 417. The zero-order chi connectivity index (χ0) is 15.5. The summed E-state index contributed by atoms with van der Waals surface area (Å²) in [6, 6.07) is 10.0. The molecule has 0 aliphatic carbocycles. The number of hydrogen-bond donors (Lipinski definition) is 4. The van der Waals surface area contributed by atoms with Crippen LogP contribution in [0.5, 0.6) is 0 Å². The van der Waals surface area contributed by atoms with Crippen molar-refractivity contribution in [3.05, 3.63) is 42.5 Å². The van der Waals surface area contributed by atoms with Gasteiger partial charge in [-0.2, -0.15) is 0 Å². The van der Waals surface area contributed by atoms with E-state index in [1.54, 1.807) is 0 Å². The predicted molar refractivity (Wildman–Crippen MR) is 79.0 cm³/mol. The van der Waals surface area contributed by atoms with Crippen molar-refractivity contribution in [2.45, 2.75) is 10.9 Å². The minimum absolute atomic E-state index is 0.363. The van der Waals surface area contributed by atoms with Crippen LogP contribution >= 0.6 is 21.6 Å². The molecule has 0 radical (unpaired) electrons. The third kappa shape index (κ3) is 8.59. The van der Waals surface area contributed by atoms with Crippen LogP contribution in [0.1, 0.15) is 5.56 Å². The summed E-state index contributed by atoms with van der Waals surface area (Å²) in [7, 11) is 0.726. The van der Waals surface area contributed by atoms with Crippen molar-refractivity contribution in [1.29, 1.82) is 0 Å². The van der Waals surface area contributed by atoms with E-state index in [2.05, 4.69) is 6.58 Å². The largest absolute Gasteiger partial charge is 0.479 e. The fourth-order valence-corrected chi connectivity index (χ4v) is 2.28. The van der Waals surface area contributed by atoms with E-state index in [0.29, 0.717) is 21.6 Å². The van der Waals surface area contributed by atoms with Crippen molar-refractivity contribution in [2.24, 2.45) is 0 Å². The molecule has 0 saturated carbocycles. The van der Waals surface area contributed by atoms with Crippen molar-refractivity contribution in [1.82, 2.24) is 0 Å². The number of carboxylic acid groups (broad SMARTS) is 2. The normalized spacial score (nSPS) is 12.5. The van der Waals surface area contributed by atoms with Crippen LogP contribution in [0.15, 0.2) is 36.9 Å². The highest BCUT2D eigenvalue weighted by Crippen LogP contribution is 2.28. The summed E-state index contributed by atoms with van der Waals surface area (Å²) in [5.41, 5.74) is -2.29. The quantitative estimate of drug-likeness (QED) is 0.461. The molecule has 110 valence electrons. The molecule has 0 bridgehead atoms. The average Bonchev–Trinajstić information content (AvgIpc) is 2.45. The van der Waals surface area contributed by atoms with Gasteiger partial charge in [-0.15, -0.1) is 0 Å². The molecule has 2 unspecified atom stereocenters. The van der Waals surface area contributed by atoms with Crippen LogP contribution in [0.3, 0.4) is 0 Å². The van der Waals surface area contributed by atoms with Gasteiger partial charge in [0.15, 0.2) is 0 Å². The molecule has 0 saturated heterocycles. The van der Waals surface area contributed by atoms with Crippen LogP contribution < -0.4 is 0 Å². The molecular formula is C12H14O6S2. The van der Waals surface area contributed by atoms with Gasteiger partial charge >= 0.3 is 11.9 Å². The maximum Gasteiger partial charge on any atom is 0.344 e. The maximum atomic E-state index is 9.97. The lowest BCUT2D eigenvalue weighted by Crippen LogP contribution is -2.17. The first-order valence-electron chi connectivity index (χ1n) is 5.19. The Hall–Kier alpha value is -1.48. The number of carbonyl (C=O) groups is 2. The minimum Gasteiger partial charge on any atom is -0.479 e. The molecule has 1 aromatic carbocycles. The smallest absolute Gasteiger partial charge is 0.344 e. The maximum absolute atomic E-state index is 9.97. The Labute approximate surface area is 123 Å². The van der Waals surface area contributed by atoms with Crippen molar-refractivity contribution >= 4 is 39.6 Å². The first-order chi connectivity index (χ1) is 9.38. The summed E-state index contributed by atoms with van der Waals surface area (Å²) in [6.45, 7) is 3.63. The van der Waals surface area contributed by atoms with E-state index in [0.717, 1.165) is 0 Å². The lowest BCUT2D eigenvalue weighted by molar-refractivity contribution is -0.142. The minimum atomic E-state index is -1.73. The molecule has 0 aliphatic rings. The number of benzene rings is 1. The Morgan fingerprint density at radius 1 is 1.00 bits per heavy atom. The van der Waals surface area contributed by atoms with Gasteiger partial charge in [0.05, 0.1) is 0 Å². The molecular weight excluding hydrogens is 304 g/mol. The number of aliphatic hydroxyl groups excluding tert-OH is 2. The molecule has 20 heavy (non-hydrogen) atoms. The predicted octanol–water partition coefficient (Wildman–Crippen LogP) is 1.50. The molecule has 4 N–H and O–H groups in total. The van der Waals surface area contributed by atoms with Crippen molar-refractivity contribution < 1.29 is 30.0 Å². The second kappa shape index (κ2) is 10.3. The van der Waals surface area contributed by atoms with Gasteiger partial charge in [-0.25, -0.2) is 9.59 Å². The van der Waals surface area contributed by atoms with Gasteiger partial charge in [0.25, 0.3) is 0 Å². The molecule has 1 aromatic rings. The van der Waals surface area contributed by atoms with Gasteiger partial charge in [-0.05, 0) is 27.2 Å². The molecule has 8 heteroatoms. The molecule has 0 amide bonds. The average molecular weight is 318 g/mol. The van der Waals surface area contributed by atoms with E-state index in [1.165, 1.54) is 5.56 Å². The summed E-state index contributed by atoms with van der Waals surface area (Å²) >= 11 is 0. The summed E-state index contributed by atoms with van der Waals surface area (Å²) < 4.78 is 0. The lowest BCUT2D eigenvalue weighted by Gasteiger charge is -2.05. The van der Waals surface area contributed by atoms with Gasteiger partial charge in [0.1, 0.15) is 0 Å². The van der Waals surface area contributed by atoms with Gasteiger partial charge in [0, 0.05) is 0 Å². The highest BCUT2D eigenvalue weighted by atomic mass is 33.1. The molecule has 1 rings (SSSR count). The van der Waals surface area contributed by atoms with Crippen molar-refractivity contribution in [3.63, 3.8) is 0 Å². The third-order valence-electron chi connectivity index (χ3n) is 1.70. The summed E-state index contributed by atoms with van der Waals surface area (Å²) in [4.78, 5) is 19.9. The van der Waals surface area contributed by atoms with Crippen LogP contribution in [0.2, 0.25) is 0 Å². The summed E-state index contributed by atoms with van der Waals surface area (Å²) in [6.07, 6.45) is 1.83. The van der Waals surface area contributed by atoms with E-state index < -0.39 is 22.8 Å². The second-order valence-corrected chi connectivity index (χ2v) is 5.62. The molecule has 0 fully saturated rings. The summed E-state index contributed by atoms with van der Waals surface area (Å²) in [5.74, 6) is -2.96. The monoisotopic (exact) mass is 318 g/mol. The Balaban J connectivity index is 0.000000388.